The highest BCUT2D eigenvalue weighted by Crippen LogP contribution is 2.27. The van der Waals surface area contributed by atoms with E-state index in [2.05, 4.69) is 67.7 Å². The molecule has 0 spiro atoms. The number of aromatic nitrogens is 1. The van der Waals surface area contributed by atoms with Gasteiger partial charge in [-0.2, -0.15) is 0 Å². The number of hydrogen-bond acceptors (Lipinski definition) is 3. The summed E-state index contributed by atoms with van der Waals surface area (Å²) in [7, 11) is 5.90. The number of methoxy groups -OCH3 is 1. The van der Waals surface area contributed by atoms with Crippen LogP contribution >= 0.6 is 0 Å². The van der Waals surface area contributed by atoms with Crippen LogP contribution < -0.4 is 4.74 Å². The number of carbonyl (C=O) groups is 1. The van der Waals surface area contributed by atoms with E-state index in [9.17, 15) is 4.79 Å². The summed E-state index contributed by atoms with van der Waals surface area (Å²) in [4.78, 5) is 15.0. The Morgan fingerprint density at radius 1 is 0.886 bits per heavy atom. The molecule has 0 amide bonds. The van der Waals surface area contributed by atoms with E-state index in [1.165, 1.54) is 33.3 Å². The molecule has 4 nitrogen and oxygen atoms in total. The number of fused-ring (bicyclic) bond motifs is 1. The van der Waals surface area contributed by atoms with Crippen LogP contribution in [0.3, 0.4) is 0 Å². The number of ketones is 1. The molecule has 1 aromatic heterocycles. The topological polar surface area (TPSA) is 34.5 Å². The number of hydrogen-bond donors (Lipinski definition) is 0. The van der Waals surface area contributed by atoms with Crippen LogP contribution in [0.15, 0.2) is 66.7 Å². The lowest BCUT2D eigenvalue weighted by Crippen LogP contribution is -2.15. The molecule has 3 aromatic carbocycles. The number of ether oxygens (including phenoxy) is 1. The lowest BCUT2D eigenvalue weighted by Gasteiger charge is -2.12. The molecule has 0 atom stereocenters. The molecule has 0 saturated heterocycles. The normalized spacial score (nSPS) is 11.4. The molecule has 0 fully saturated rings. The van der Waals surface area contributed by atoms with E-state index in [1.807, 2.05) is 36.4 Å². The van der Waals surface area contributed by atoms with Crippen molar-refractivity contribution in [2.24, 2.45) is 0 Å². The van der Waals surface area contributed by atoms with Crippen LogP contribution in [0.25, 0.3) is 10.9 Å². The number of benzene rings is 3. The van der Waals surface area contributed by atoms with Gasteiger partial charge in [-0.3, -0.25) is 4.79 Å². The Morgan fingerprint density at radius 3 is 2.20 bits per heavy atom. The average molecular weight is 469 g/mol. The van der Waals surface area contributed by atoms with Crippen LogP contribution in [0.5, 0.6) is 5.75 Å². The Morgan fingerprint density at radius 2 is 1.54 bits per heavy atom. The smallest absolute Gasteiger partial charge is 0.167 e. The van der Waals surface area contributed by atoms with Gasteiger partial charge in [0.15, 0.2) is 5.78 Å². The van der Waals surface area contributed by atoms with Crippen molar-refractivity contribution in [3.63, 3.8) is 0 Å². The minimum atomic E-state index is 0.129. The van der Waals surface area contributed by atoms with Gasteiger partial charge < -0.3 is 14.2 Å². The van der Waals surface area contributed by atoms with Crippen molar-refractivity contribution in [1.82, 2.24) is 9.47 Å². The molecule has 0 bridgehead atoms. The molecule has 0 aliphatic rings. The summed E-state index contributed by atoms with van der Waals surface area (Å²) >= 11 is 0. The van der Waals surface area contributed by atoms with Gasteiger partial charge in [0.05, 0.1) is 7.11 Å². The number of nitrogens with zero attached hydrogens (tertiary/aromatic N) is 2. The molecule has 0 aliphatic heterocycles. The van der Waals surface area contributed by atoms with E-state index in [4.69, 9.17) is 4.74 Å². The van der Waals surface area contributed by atoms with Crippen LogP contribution in [0.2, 0.25) is 0 Å². The van der Waals surface area contributed by atoms with Crippen molar-refractivity contribution in [3.05, 3.63) is 100 Å². The zero-order chi connectivity index (χ0) is 24.9. The van der Waals surface area contributed by atoms with Crippen LogP contribution in [-0.2, 0) is 19.4 Å². The lowest BCUT2D eigenvalue weighted by molar-refractivity contribution is 0.0993. The predicted molar refractivity (Wildman–Crippen MR) is 145 cm³/mol. The first kappa shape index (κ1) is 24.7. The molecular weight excluding hydrogens is 432 g/mol. The quantitative estimate of drug-likeness (QED) is 0.259. The number of Topliss-reactive ketones (excluding diaryl/α,β-unsaturated/α-hetero) is 1. The van der Waals surface area contributed by atoms with Crippen molar-refractivity contribution in [3.8, 4) is 5.75 Å². The molecule has 182 valence electrons. The van der Waals surface area contributed by atoms with Gasteiger partial charge in [0.2, 0.25) is 0 Å². The minimum absolute atomic E-state index is 0.129. The summed E-state index contributed by atoms with van der Waals surface area (Å²) in [5.41, 5.74) is 8.30. The molecule has 1 heterocycles. The highest BCUT2D eigenvalue weighted by molar-refractivity contribution is 5.97. The van der Waals surface area contributed by atoms with Gasteiger partial charge in [0, 0.05) is 35.1 Å². The van der Waals surface area contributed by atoms with E-state index < -0.39 is 0 Å². The largest absolute Gasteiger partial charge is 0.497 e. The third kappa shape index (κ3) is 5.83. The summed E-state index contributed by atoms with van der Waals surface area (Å²) in [6, 6.07) is 22.6. The number of carbonyl (C=O) groups excluding carboxylic acids is 1. The van der Waals surface area contributed by atoms with Crippen LogP contribution in [-0.4, -0.2) is 43.0 Å². The maximum atomic E-state index is 12.7. The van der Waals surface area contributed by atoms with E-state index in [-0.39, 0.29) is 5.78 Å². The molecule has 0 radical (unpaired) electrons. The number of aryl methyl sites for hydroxylation is 2. The van der Waals surface area contributed by atoms with Gasteiger partial charge in [-0.1, -0.05) is 42.5 Å². The SMILES string of the molecule is COc1ccc(CC(=O)c2ccc(Cc3ccc4c(c3)c(C)c(C)n4CCCN(C)C)cc2)cc1. The molecular formula is C31H36N2O2. The van der Waals surface area contributed by atoms with E-state index in [1.54, 1.807) is 7.11 Å². The fourth-order valence-electron chi connectivity index (χ4n) is 4.72. The van der Waals surface area contributed by atoms with Crippen LogP contribution in [0.1, 0.15) is 44.7 Å². The van der Waals surface area contributed by atoms with Gasteiger partial charge in [-0.05, 0) is 93.8 Å². The molecule has 0 saturated carbocycles. The van der Waals surface area contributed by atoms with Crippen molar-refractivity contribution in [2.45, 2.75) is 39.7 Å². The fraction of sp³-hybridized carbons (Fsp3) is 0.323. The Balaban J connectivity index is 1.44. The van der Waals surface area contributed by atoms with Gasteiger partial charge in [0.1, 0.15) is 5.75 Å². The average Bonchev–Trinajstić information content (AvgIpc) is 3.09. The summed E-state index contributed by atoms with van der Waals surface area (Å²) in [6.07, 6.45) is 2.39. The van der Waals surface area contributed by atoms with Crippen molar-refractivity contribution < 1.29 is 9.53 Å². The maximum Gasteiger partial charge on any atom is 0.167 e. The van der Waals surface area contributed by atoms with Crippen LogP contribution in [0, 0.1) is 13.8 Å². The summed E-state index contributed by atoms with van der Waals surface area (Å²) in [5, 5.41) is 1.34. The lowest BCUT2D eigenvalue weighted by atomic mass is 9.98. The molecule has 0 unspecified atom stereocenters. The standard InChI is InChI=1S/C31H36N2O2/c1-22-23(2)33(18-6-17-32(3)4)30-16-11-26(20-29(22)30)19-24-7-12-27(13-8-24)31(34)21-25-9-14-28(35-5)15-10-25/h7-16,20H,6,17-19,21H2,1-5H3. The predicted octanol–water partition coefficient (Wildman–Crippen LogP) is 6.23. The second-order valence-corrected chi connectivity index (χ2v) is 9.69. The molecule has 4 rings (SSSR count). The van der Waals surface area contributed by atoms with Crippen molar-refractivity contribution >= 4 is 16.7 Å². The zero-order valence-corrected chi connectivity index (χ0v) is 21.6. The Hall–Kier alpha value is -3.37. The van der Waals surface area contributed by atoms with Crippen LogP contribution in [0.4, 0.5) is 0 Å². The Bertz CT molecular complexity index is 1300. The number of rotatable bonds is 10. The first-order valence-electron chi connectivity index (χ1n) is 12.3. The highest BCUT2D eigenvalue weighted by atomic mass is 16.5. The summed E-state index contributed by atoms with van der Waals surface area (Å²) < 4.78 is 7.65. The maximum absolute atomic E-state index is 12.7. The second kappa shape index (κ2) is 10.9. The molecule has 35 heavy (non-hydrogen) atoms. The summed E-state index contributed by atoms with van der Waals surface area (Å²) in [5.74, 6) is 0.930. The first-order chi connectivity index (χ1) is 16.9. The van der Waals surface area contributed by atoms with Gasteiger partial charge in [0.25, 0.3) is 0 Å². The van der Waals surface area contributed by atoms with E-state index in [0.717, 1.165) is 42.8 Å². The fourth-order valence-corrected chi connectivity index (χ4v) is 4.72. The highest BCUT2D eigenvalue weighted by Gasteiger charge is 2.12. The molecule has 4 aromatic rings. The first-order valence-corrected chi connectivity index (χ1v) is 12.3. The molecule has 0 N–H and O–H groups in total. The Kier molecular flexibility index (Phi) is 7.72. The third-order valence-electron chi connectivity index (χ3n) is 6.90. The minimum Gasteiger partial charge on any atom is -0.497 e. The van der Waals surface area contributed by atoms with Gasteiger partial charge >= 0.3 is 0 Å². The monoisotopic (exact) mass is 468 g/mol. The van der Waals surface area contributed by atoms with Crippen molar-refractivity contribution in [2.75, 3.05) is 27.7 Å². The second-order valence-electron chi connectivity index (χ2n) is 9.69. The molecule has 0 aliphatic carbocycles. The van der Waals surface area contributed by atoms with E-state index in [0.29, 0.717) is 6.42 Å². The Labute approximate surface area is 209 Å². The van der Waals surface area contributed by atoms with Gasteiger partial charge in [-0.15, -0.1) is 0 Å². The third-order valence-corrected chi connectivity index (χ3v) is 6.90. The van der Waals surface area contributed by atoms with Crippen molar-refractivity contribution in [1.29, 1.82) is 0 Å². The summed E-state index contributed by atoms with van der Waals surface area (Å²) in [6.45, 7) is 6.59. The zero-order valence-electron chi connectivity index (χ0n) is 21.6. The molecule has 4 heteroatoms. The van der Waals surface area contributed by atoms with E-state index >= 15 is 0 Å². The van der Waals surface area contributed by atoms with Gasteiger partial charge in [-0.25, -0.2) is 0 Å².